The molecular formula is C11H21NO. The molecule has 0 radical (unpaired) electrons. The predicted molar refractivity (Wildman–Crippen MR) is 54.5 cm³/mol. The van der Waals surface area contributed by atoms with Gasteiger partial charge < -0.3 is 5.32 Å². The zero-order valence-electron chi connectivity index (χ0n) is 8.81. The molecule has 1 aliphatic heterocycles. The Balaban J connectivity index is 2.25. The van der Waals surface area contributed by atoms with Gasteiger partial charge in [-0.05, 0) is 18.8 Å². The van der Waals surface area contributed by atoms with Crippen LogP contribution in [0, 0.1) is 5.92 Å². The second-order valence-electron chi connectivity index (χ2n) is 4.19. The van der Waals surface area contributed by atoms with Gasteiger partial charge in [0.25, 0.3) is 0 Å². The van der Waals surface area contributed by atoms with Crippen molar-refractivity contribution in [1.82, 2.24) is 5.32 Å². The van der Waals surface area contributed by atoms with E-state index >= 15 is 0 Å². The van der Waals surface area contributed by atoms with Gasteiger partial charge in [0.1, 0.15) is 0 Å². The molecule has 0 aromatic carbocycles. The molecule has 1 fully saturated rings. The molecule has 0 spiro atoms. The van der Waals surface area contributed by atoms with Crippen molar-refractivity contribution in [2.75, 3.05) is 0 Å². The van der Waals surface area contributed by atoms with Crippen molar-refractivity contribution in [2.45, 2.75) is 58.4 Å². The molecule has 0 aliphatic carbocycles. The summed E-state index contributed by atoms with van der Waals surface area (Å²) in [4.78, 5) is 11.1. The highest BCUT2D eigenvalue weighted by molar-refractivity contribution is 5.77. The first kappa shape index (κ1) is 10.6. The maximum absolute atomic E-state index is 11.1. The highest BCUT2D eigenvalue weighted by Gasteiger charge is 2.24. The molecule has 1 saturated heterocycles. The molecule has 2 nitrogen and oxygen atoms in total. The maximum atomic E-state index is 11.1. The fourth-order valence-electron chi connectivity index (χ4n) is 1.95. The first-order valence-electron chi connectivity index (χ1n) is 5.53. The number of carbonyl (C=O) groups excluding carboxylic acids is 1. The first-order chi connectivity index (χ1) is 6.24. The van der Waals surface area contributed by atoms with Gasteiger partial charge >= 0.3 is 0 Å². The Hall–Kier alpha value is -0.530. The molecule has 1 rings (SSSR count). The van der Waals surface area contributed by atoms with E-state index in [4.69, 9.17) is 0 Å². The lowest BCUT2D eigenvalue weighted by Gasteiger charge is -2.29. The first-order valence-corrected chi connectivity index (χ1v) is 5.53. The van der Waals surface area contributed by atoms with Gasteiger partial charge in [-0.15, -0.1) is 0 Å². The number of rotatable bonds is 4. The van der Waals surface area contributed by atoms with E-state index in [-0.39, 0.29) is 5.91 Å². The normalized spacial score (nSPS) is 28.6. The average molecular weight is 183 g/mol. The van der Waals surface area contributed by atoms with Gasteiger partial charge in [0.05, 0.1) is 0 Å². The summed E-state index contributed by atoms with van der Waals surface area (Å²) in [5.41, 5.74) is 0. The van der Waals surface area contributed by atoms with Crippen LogP contribution < -0.4 is 5.32 Å². The van der Waals surface area contributed by atoms with Gasteiger partial charge in [-0.25, -0.2) is 0 Å². The van der Waals surface area contributed by atoms with Gasteiger partial charge in [-0.3, -0.25) is 4.79 Å². The van der Waals surface area contributed by atoms with Crippen LogP contribution in [0.5, 0.6) is 0 Å². The summed E-state index contributed by atoms with van der Waals surface area (Å²) in [5, 5.41) is 3.09. The average Bonchev–Trinajstić information content (AvgIpc) is 2.11. The van der Waals surface area contributed by atoms with Crippen molar-refractivity contribution in [3.8, 4) is 0 Å². The molecule has 2 atom stereocenters. The van der Waals surface area contributed by atoms with E-state index < -0.39 is 0 Å². The topological polar surface area (TPSA) is 29.1 Å². The minimum Gasteiger partial charge on any atom is -0.353 e. The van der Waals surface area contributed by atoms with E-state index in [1.807, 2.05) is 0 Å². The highest BCUT2D eigenvalue weighted by atomic mass is 16.1. The van der Waals surface area contributed by atoms with Gasteiger partial charge in [-0.2, -0.15) is 0 Å². The van der Waals surface area contributed by atoms with Gasteiger partial charge in [0.2, 0.25) is 5.91 Å². The van der Waals surface area contributed by atoms with E-state index in [1.54, 1.807) is 0 Å². The van der Waals surface area contributed by atoms with Crippen LogP contribution in [0.2, 0.25) is 0 Å². The Morgan fingerprint density at radius 3 is 2.92 bits per heavy atom. The van der Waals surface area contributed by atoms with Crippen LogP contribution in [0.4, 0.5) is 0 Å². The fourth-order valence-corrected chi connectivity index (χ4v) is 1.95. The minimum atomic E-state index is 0.250. The molecular weight excluding hydrogens is 162 g/mol. The number of hydrogen-bond acceptors (Lipinski definition) is 1. The summed E-state index contributed by atoms with van der Waals surface area (Å²) in [6, 6.07) is 0.452. The monoisotopic (exact) mass is 183 g/mol. The molecule has 2 unspecified atom stereocenters. The van der Waals surface area contributed by atoms with E-state index in [0.717, 1.165) is 12.8 Å². The number of amides is 1. The molecule has 76 valence electrons. The molecule has 13 heavy (non-hydrogen) atoms. The number of unbranched alkanes of at least 4 members (excludes halogenated alkanes) is 2. The van der Waals surface area contributed by atoms with Crippen molar-refractivity contribution in [3.05, 3.63) is 0 Å². The van der Waals surface area contributed by atoms with Crippen LogP contribution in [-0.4, -0.2) is 11.9 Å². The number of nitrogens with one attached hydrogen (secondary N) is 1. The molecule has 1 aliphatic rings. The van der Waals surface area contributed by atoms with Crippen LogP contribution in [-0.2, 0) is 4.79 Å². The van der Waals surface area contributed by atoms with Crippen molar-refractivity contribution >= 4 is 5.91 Å². The van der Waals surface area contributed by atoms with E-state index in [0.29, 0.717) is 12.0 Å². The number of carbonyl (C=O) groups is 1. The lowest BCUT2D eigenvalue weighted by atomic mass is 9.89. The van der Waals surface area contributed by atoms with Gasteiger partial charge in [0.15, 0.2) is 0 Å². The molecule has 0 aromatic heterocycles. The highest BCUT2D eigenvalue weighted by Crippen LogP contribution is 2.20. The largest absolute Gasteiger partial charge is 0.353 e. The van der Waals surface area contributed by atoms with Crippen molar-refractivity contribution in [2.24, 2.45) is 5.92 Å². The number of hydrogen-bond donors (Lipinski definition) is 1. The Morgan fingerprint density at radius 1 is 1.46 bits per heavy atom. The molecule has 1 heterocycles. The second-order valence-corrected chi connectivity index (χ2v) is 4.19. The van der Waals surface area contributed by atoms with Crippen LogP contribution in [0.15, 0.2) is 0 Å². The van der Waals surface area contributed by atoms with Crippen molar-refractivity contribution < 1.29 is 4.79 Å². The Labute approximate surface area is 81.1 Å². The predicted octanol–water partition coefficient (Wildman–Crippen LogP) is 2.48. The van der Waals surface area contributed by atoms with Crippen LogP contribution in [0.3, 0.4) is 0 Å². The Kier molecular flexibility index (Phi) is 4.26. The lowest BCUT2D eigenvalue weighted by molar-refractivity contribution is -0.124. The third kappa shape index (κ3) is 3.37. The zero-order valence-corrected chi connectivity index (χ0v) is 8.81. The molecule has 2 heteroatoms. The molecule has 1 N–H and O–H groups in total. The molecule has 0 bridgehead atoms. The van der Waals surface area contributed by atoms with Gasteiger partial charge in [-0.1, -0.05) is 33.1 Å². The van der Waals surface area contributed by atoms with Crippen molar-refractivity contribution in [3.63, 3.8) is 0 Å². The third-order valence-corrected chi connectivity index (χ3v) is 2.98. The number of piperidine rings is 1. The quantitative estimate of drug-likeness (QED) is 0.666. The van der Waals surface area contributed by atoms with Gasteiger partial charge in [0, 0.05) is 12.5 Å². The minimum absolute atomic E-state index is 0.250. The molecule has 0 aromatic rings. The zero-order chi connectivity index (χ0) is 9.68. The van der Waals surface area contributed by atoms with E-state index in [1.165, 1.54) is 25.7 Å². The van der Waals surface area contributed by atoms with Crippen LogP contribution in [0.1, 0.15) is 52.4 Å². The smallest absolute Gasteiger partial charge is 0.220 e. The Bertz CT molecular complexity index is 167. The standard InChI is InChI=1S/C11H21NO/c1-3-4-5-6-10-9(2)7-8-11(13)12-10/h9-10H,3-8H2,1-2H3,(H,12,13). The lowest BCUT2D eigenvalue weighted by Crippen LogP contribution is -2.43. The van der Waals surface area contributed by atoms with Crippen LogP contribution >= 0.6 is 0 Å². The summed E-state index contributed by atoms with van der Waals surface area (Å²) >= 11 is 0. The summed E-state index contributed by atoms with van der Waals surface area (Å²) in [7, 11) is 0. The maximum Gasteiger partial charge on any atom is 0.220 e. The second kappa shape index (κ2) is 5.25. The summed E-state index contributed by atoms with van der Waals surface area (Å²) in [6.07, 6.45) is 6.77. The summed E-state index contributed by atoms with van der Waals surface area (Å²) in [6.45, 7) is 4.46. The van der Waals surface area contributed by atoms with Crippen molar-refractivity contribution in [1.29, 1.82) is 0 Å². The SMILES string of the molecule is CCCCCC1NC(=O)CCC1C. The van der Waals surface area contributed by atoms with E-state index in [2.05, 4.69) is 19.2 Å². The van der Waals surface area contributed by atoms with E-state index in [9.17, 15) is 4.79 Å². The summed E-state index contributed by atoms with van der Waals surface area (Å²) < 4.78 is 0. The molecule has 0 saturated carbocycles. The van der Waals surface area contributed by atoms with Crippen LogP contribution in [0.25, 0.3) is 0 Å². The third-order valence-electron chi connectivity index (χ3n) is 2.98. The molecule has 1 amide bonds. The summed E-state index contributed by atoms with van der Waals surface area (Å²) in [5.74, 6) is 0.925. The Morgan fingerprint density at radius 2 is 2.23 bits per heavy atom. The fraction of sp³-hybridized carbons (Fsp3) is 0.909.